The number of benzene rings is 8. The van der Waals surface area contributed by atoms with Gasteiger partial charge in [-0.25, -0.2) is 0 Å². The molecule has 0 aliphatic carbocycles. The van der Waals surface area contributed by atoms with Crippen LogP contribution in [0.15, 0.2) is 176 Å². The van der Waals surface area contributed by atoms with E-state index in [1.807, 2.05) is 22.7 Å². The monoisotopic (exact) mass is 659 g/mol. The van der Waals surface area contributed by atoms with Crippen molar-refractivity contribution in [1.29, 1.82) is 0 Å². The van der Waals surface area contributed by atoms with Gasteiger partial charge in [-0.05, 0) is 75.5 Å². The fourth-order valence-electron chi connectivity index (χ4n) is 7.33. The van der Waals surface area contributed by atoms with Gasteiger partial charge in [0, 0.05) is 41.3 Å². The van der Waals surface area contributed by atoms with Crippen LogP contribution in [0.4, 0.5) is 17.1 Å². The van der Waals surface area contributed by atoms with Gasteiger partial charge in [0.05, 0.1) is 16.1 Å². The van der Waals surface area contributed by atoms with Gasteiger partial charge >= 0.3 is 0 Å². The van der Waals surface area contributed by atoms with Crippen molar-refractivity contribution in [3.63, 3.8) is 0 Å². The molecule has 0 saturated carbocycles. The summed E-state index contributed by atoms with van der Waals surface area (Å²) in [5.74, 6) is 0. The Morgan fingerprint density at radius 2 is 1.02 bits per heavy atom. The van der Waals surface area contributed by atoms with Crippen molar-refractivity contribution in [2.75, 3.05) is 4.90 Å². The van der Waals surface area contributed by atoms with Crippen LogP contribution in [0.25, 0.3) is 73.4 Å². The predicted octanol–water partition coefficient (Wildman–Crippen LogP) is 14.4. The van der Waals surface area contributed by atoms with Crippen LogP contribution in [0.2, 0.25) is 0 Å². The average molecular weight is 660 g/mol. The maximum absolute atomic E-state index is 2.50. The highest BCUT2D eigenvalue weighted by Gasteiger charge is 2.23. The summed E-state index contributed by atoms with van der Waals surface area (Å²) < 4.78 is 5.21. The van der Waals surface area contributed by atoms with Gasteiger partial charge in [0.1, 0.15) is 0 Å². The van der Waals surface area contributed by atoms with Gasteiger partial charge in [0.25, 0.3) is 0 Å². The number of anilines is 3. The van der Waals surface area contributed by atoms with Gasteiger partial charge < -0.3 is 4.90 Å². The second kappa shape index (κ2) is 11.5. The maximum atomic E-state index is 2.50. The summed E-state index contributed by atoms with van der Waals surface area (Å²) in [4.78, 5) is 2.50. The van der Waals surface area contributed by atoms with Crippen molar-refractivity contribution in [3.05, 3.63) is 176 Å². The van der Waals surface area contributed by atoms with Crippen molar-refractivity contribution >= 4 is 90.9 Å². The largest absolute Gasteiger partial charge is 0.308 e. The first-order valence-electron chi connectivity index (χ1n) is 16.6. The van der Waals surface area contributed by atoms with E-state index in [4.69, 9.17) is 0 Å². The van der Waals surface area contributed by atoms with Crippen molar-refractivity contribution in [1.82, 2.24) is 0 Å². The molecule has 0 aliphatic heterocycles. The summed E-state index contributed by atoms with van der Waals surface area (Å²) in [5, 5.41) is 7.70. The molecule has 0 aliphatic rings. The second-order valence-corrected chi connectivity index (χ2v) is 14.6. The van der Waals surface area contributed by atoms with Crippen LogP contribution in [0.3, 0.4) is 0 Å². The molecule has 2 aromatic heterocycles. The molecular formula is C46H29NS2. The number of fused-ring (bicyclic) bond motifs is 7. The standard InChI is InChI=1S/C46H29NS2/c1-2-12-32(13-3-1)36-27-28-40(44-39-16-7-9-20-43(39)49-46(36)44)47(41-18-10-17-38-37-15-6-8-19-42(37)48-45(38)41)35-25-23-31(24-26-35)34-22-21-30-11-4-5-14-33(30)29-34/h1-29H. The lowest BCUT2D eigenvalue weighted by Crippen LogP contribution is -2.10. The molecule has 0 bridgehead atoms. The molecule has 0 atom stereocenters. The Kier molecular flexibility index (Phi) is 6.61. The summed E-state index contributed by atoms with van der Waals surface area (Å²) in [5.41, 5.74) is 8.47. The molecule has 0 amide bonds. The van der Waals surface area contributed by atoms with E-state index in [0.717, 1.165) is 5.69 Å². The van der Waals surface area contributed by atoms with Gasteiger partial charge in [-0.2, -0.15) is 0 Å². The normalized spacial score (nSPS) is 11.7. The molecule has 49 heavy (non-hydrogen) atoms. The molecule has 2 heterocycles. The Hall–Kier alpha value is -5.74. The molecular weight excluding hydrogens is 631 g/mol. The van der Waals surface area contributed by atoms with Crippen LogP contribution in [-0.2, 0) is 0 Å². The zero-order valence-corrected chi connectivity index (χ0v) is 28.1. The molecule has 0 radical (unpaired) electrons. The van der Waals surface area contributed by atoms with E-state index in [0.29, 0.717) is 0 Å². The summed E-state index contributed by atoms with van der Waals surface area (Å²) in [6.45, 7) is 0. The van der Waals surface area contributed by atoms with Gasteiger partial charge in [0.2, 0.25) is 0 Å². The fourth-order valence-corrected chi connectivity index (χ4v) is 9.80. The molecule has 3 heteroatoms. The zero-order valence-electron chi connectivity index (χ0n) is 26.5. The first-order valence-corrected chi connectivity index (χ1v) is 18.2. The summed E-state index contributed by atoms with van der Waals surface area (Å²) in [7, 11) is 0. The lowest BCUT2D eigenvalue weighted by Gasteiger charge is -2.28. The number of nitrogens with zero attached hydrogens (tertiary/aromatic N) is 1. The Labute approximate surface area is 292 Å². The Morgan fingerprint density at radius 1 is 0.367 bits per heavy atom. The highest BCUT2D eigenvalue weighted by molar-refractivity contribution is 7.27. The van der Waals surface area contributed by atoms with Gasteiger partial charge in [-0.1, -0.05) is 133 Å². The molecule has 1 nitrogen and oxygen atoms in total. The lowest BCUT2D eigenvalue weighted by molar-refractivity contribution is 1.32. The van der Waals surface area contributed by atoms with Crippen LogP contribution >= 0.6 is 22.7 Å². The first-order chi connectivity index (χ1) is 24.3. The van der Waals surface area contributed by atoms with Gasteiger partial charge in [-0.15, -0.1) is 22.7 Å². The van der Waals surface area contributed by atoms with E-state index in [1.165, 1.54) is 84.7 Å². The summed E-state index contributed by atoms with van der Waals surface area (Å²) in [6, 6.07) is 64.4. The van der Waals surface area contributed by atoms with E-state index in [2.05, 4.69) is 181 Å². The summed E-state index contributed by atoms with van der Waals surface area (Å²) in [6.07, 6.45) is 0. The highest BCUT2D eigenvalue weighted by Crippen LogP contribution is 2.51. The van der Waals surface area contributed by atoms with E-state index in [-0.39, 0.29) is 0 Å². The minimum absolute atomic E-state index is 1.14. The maximum Gasteiger partial charge on any atom is 0.0640 e. The van der Waals surface area contributed by atoms with Crippen molar-refractivity contribution in [2.24, 2.45) is 0 Å². The molecule has 10 aromatic rings. The molecule has 230 valence electrons. The van der Waals surface area contributed by atoms with E-state index in [1.54, 1.807) is 0 Å². The van der Waals surface area contributed by atoms with E-state index in [9.17, 15) is 0 Å². The smallest absolute Gasteiger partial charge is 0.0640 e. The Bertz CT molecular complexity index is 2830. The number of rotatable bonds is 5. The molecule has 0 unspecified atom stereocenters. The predicted molar refractivity (Wildman–Crippen MR) is 215 cm³/mol. The number of thiophene rings is 2. The molecule has 0 spiro atoms. The molecule has 0 fully saturated rings. The van der Waals surface area contributed by atoms with Crippen LogP contribution in [0.5, 0.6) is 0 Å². The lowest BCUT2D eigenvalue weighted by atomic mass is 9.99. The third-order valence-electron chi connectivity index (χ3n) is 9.66. The fraction of sp³-hybridized carbons (Fsp3) is 0. The third kappa shape index (κ3) is 4.66. The molecule has 10 rings (SSSR count). The van der Waals surface area contributed by atoms with Crippen LogP contribution in [-0.4, -0.2) is 0 Å². The van der Waals surface area contributed by atoms with E-state index < -0.39 is 0 Å². The van der Waals surface area contributed by atoms with Crippen LogP contribution in [0.1, 0.15) is 0 Å². The van der Waals surface area contributed by atoms with Crippen LogP contribution < -0.4 is 4.90 Å². The minimum atomic E-state index is 1.14. The molecule has 0 N–H and O–H groups in total. The number of hydrogen-bond acceptors (Lipinski definition) is 3. The summed E-state index contributed by atoms with van der Waals surface area (Å²) >= 11 is 3.77. The third-order valence-corrected chi connectivity index (χ3v) is 12.1. The molecule has 0 saturated heterocycles. The SMILES string of the molecule is c1ccc(-c2ccc(N(c3ccc(-c4ccc5ccccc5c4)cc3)c3cccc4c3sc3ccccc34)c3c2sc2ccccc23)cc1. The molecule has 8 aromatic carbocycles. The van der Waals surface area contributed by atoms with Crippen LogP contribution in [0, 0.1) is 0 Å². The Morgan fingerprint density at radius 3 is 1.86 bits per heavy atom. The second-order valence-electron chi connectivity index (χ2n) is 12.5. The topological polar surface area (TPSA) is 3.24 Å². The van der Waals surface area contributed by atoms with Crippen molar-refractivity contribution < 1.29 is 0 Å². The number of hydrogen-bond donors (Lipinski definition) is 0. The van der Waals surface area contributed by atoms with Gasteiger partial charge in [-0.3, -0.25) is 0 Å². The highest BCUT2D eigenvalue weighted by atomic mass is 32.1. The first kappa shape index (κ1) is 28.3. The van der Waals surface area contributed by atoms with Gasteiger partial charge in [0.15, 0.2) is 0 Å². The van der Waals surface area contributed by atoms with Crippen molar-refractivity contribution in [2.45, 2.75) is 0 Å². The quantitative estimate of drug-likeness (QED) is 0.178. The Balaban J connectivity index is 1.23. The average Bonchev–Trinajstić information content (AvgIpc) is 3.75. The minimum Gasteiger partial charge on any atom is -0.308 e. The van der Waals surface area contributed by atoms with E-state index >= 15 is 0 Å². The van der Waals surface area contributed by atoms with Crippen molar-refractivity contribution in [3.8, 4) is 22.3 Å². The zero-order chi connectivity index (χ0) is 32.3.